The van der Waals surface area contributed by atoms with Crippen LogP contribution in [0.3, 0.4) is 0 Å². The smallest absolute Gasteiger partial charge is 0.319 e. The van der Waals surface area contributed by atoms with Gasteiger partial charge in [0.05, 0.1) is 0 Å². The van der Waals surface area contributed by atoms with Gasteiger partial charge in [-0.3, -0.25) is 19.7 Å². The summed E-state index contributed by atoms with van der Waals surface area (Å²) < 4.78 is 0. The van der Waals surface area contributed by atoms with Crippen molar-refractivity contribution in [3.63, 3.8) is 0 Å². The zero-order chi connectivity index (χ0) is 21.3. The third-order valence-corrected chi connectivity index (χ3v) is 5.32. The first-order chi connectivity index (χ1) is 14.4. The van der Waals surface area contributed by atoms with E-state index >= 15 is 0 Å². The molecule has 2 aromatic carbocycles. The van der Waals surface area contributed by atoms with E-state index in [0.29, 0.717) is 24.2 Å². The molecule has 0 bridgehead atoms. The third-order valence-electron chi connectivity index (χ3n) is 5.32. The fraction of sp³-hybridized carbons (Fsp3) is 0.273. The van der Waals surface area contributed by atoms with Gasteiger partial charge >= 0.3 is 6.03 Å². The van der Waals surface area contributed by atoms with E-state index in [0.717, 1.165) is 16.7 Å². The second-order valence-electron chi connectivity index (χ2n) is 7.57. The molecule has 2 aliphatic heterocycles. The molecule has 0 spiro atoms. The Kier molecular flexibility index (Phi) is 5.22. The van der Waals surface area contributed by atoms with Crippen LogP contribution in [0.25, 0.3) is 0 Å². The van der Waals surface area contributed by atoms with E-state index in [2.05, 4.69) is 16.0 Å². The van der Waals surface area contributed by atoms with Crippen LogP contribution in [0.4, 0.5) is 10.5 Å². The molecule has 0 saturated carbocycles. The molecule has 4 rings (SSSR count). The molecule has 0 radical (unpaired) electrons. The Labute approximate surface area is 173 Å². The second-order valence-corrected chi connectivity index (χ2v) is 7.57. The molecule has 8 heteroatoms. The minimum atomic E-state index is -0.635. The lowest BCUT2D eigenvalue weighted by molar-refractivity contribution is -0.136. The van der Waals surface area contributed by atoms with Crippen molar-refractivity contribution in [2.24, 2.45) is 0 Å². The van der Waals surface area contributed by atoms with Crippen molar-refractivity contribution >= 4 is 29.4 Å². The molecule has 0 aromatic heterocycles. The average molecular weight is 406 g/mol. The number of imide groups is 1. The van der Waals surface area contributed by atoms with Gasteiger partial charge < -0.3 is 15.5 Å². The topological polar surface area (TPSA) is 108 Å². The van der Waals surface area contributed by atoms with Crippen LogP contribution in [0, 0.1) is 6.92 Å². The van der Waals surface area contributed by atoms with Crippen LogP contribution in [0.5, 0.6) is 0 Å². The minimum absolute atomic E-state index is 0.224. The number of hydrogen-bond donors (Lipinski definition) is 3. The zero-order valence-corrected chi connectivity index (χ0v) is 16.5. The molecule has 1 fully saturated rings. The predicted molar refractivity (Wildman–Crippen MR) is 110 cm³/mol. The number of carbonyl (C=O) groups excluding carboxylic acids is 4. The van der Waals surface area contributed by atoms with Gasteiger partial charge in [-0.2, -0.15) is 0 Å². The normalized spacial score (nSPS) is 18.1. The van der Waals surface area contributed by atoms with Gasteiger partial charge in [0.1, 0.15) is 6.04 Å². The average Bonchev–Trinajstić information content (AvgIpc) is 3.02. The van der Waals surface area contributed by atoms with E-state index < -0.39 is 11.9 Å². The van der Waals surface area contributed by atoms with Gasteiger partial charge in [-0.05, 0) is 48.2 Å². The third kappa shape index (κ3) is 4.03. The summed E-state index contributed by atoms with van der Waals surface area (Å²) in [5.41, 5.74) is 3.89. The molecule has 154 valence electrons. The Bertz CT molecular complexity index is 1050. The quantitative estimate of drug-likeness (QED) is 0.676. The molecular formula is C22H22N4O4. The van der Waals surface area contributed by atoms with Crippen molar-refractivity contribution in [1.29, 1.82) is 0 Å². The number of piperidine rings is 1. The number of aryl methyl sites for hydroxylation is 1. The number of nitrogens with one attached hydrogen (secondary N) is 3. The molecule has 2 heterocycles. The van der Waals surface area contributed by atoms with Crippen molar-refractivity contribution < 1.29 is 19.2 Å². The summed E-state index contributed by atoms with van der Waals surface area (Å²) in [5, 5.41) is 7.85. The fourth-order valence-electron chi connectivity index (χ4n) is 3.79. The highest BCUT2D eigenvalue weighted by Gasteiger charge is 2.39. The van der Waals surface area contributed by atoms with Crippen LogP contribution in [-0.4, -0.2) is 34.7 Å². The number of hydrogen-bond acceptors (Lipinski definition) is 4. The number of amides is 5. The fourth-order valence-corrected chi connectivity index (χ4v) is 3.79. The Balaban J connectivity index is 1.39. The molecule has 1 atom stereocenters. The molecule has 1 saturated heterocycles. The van der Waals surface area contributed by atoms with Crippen LogP contribution in [-0.2, 0) is 22.7 Å². The van der Waals surface area contributed by atoms with Crippen LogP contribution < -0.4 is 16.0 Å². The summed E-state index contributed by atoms with van der Waals surface area (Å²) in [6, 6.07) is 12.0. The minimum Gasteiger partial charge on any atom is -0.334 e. The number of nitrogens with zero attached hydrogens (tertiary/aromatic N) is 1. The summed E-state index contributed by atoms with van der Waals surface area (Å²) in [4.78, 5) is 50.0. The molecule has 0 aliphatic carbocycles. The molecule has 2 aliphatic rings. The molecule has 1 unspecified atom stereocenters. The van der Waals surface area contributed by atoms with Crippen molar-refractivity contribution in [3.05, 3.63) is 64.7 Å². The lowest BCUT2D eigenvalue weighted by Crippen LogP contribution is -2.52. The summed E-state index contributed by atoms with van der Waals surface area (Å²) in [6.07, 6.45) is 0.555. The van der Waals surface area contributed by atoms with Crippen LogP contribution in [0.1, 0.15) is 39.9 Å². The summed E-state index contributed by atoms with van der Waals surface area (Å²) >= 11 is 0. The first kappa shape index (κ1) is 19.6. The maximum absolute atomic E-state index is 12.8. The summed E-state index contributed by atoms with van der Waals surface area (Å²) in [6.45, 7) is 2.54. The van der Waals surface area contributed by atoms with Gasteiger partial charge in [-0.15, -0.1) is 0 Å². The Morgan fingerprint density at radius 1 is 1.17 bits per heavy atom. The number of carbonyl (C=O) groups is 4. The number of anilines is 1. The monoisotopic (exact) mass is 406 g/mol. The molecular weight excluding hydrogens is 384 g/mol. The van der Waals surface area contributed by atoms with Crippen LogP contribution in [0.2, 0.25) is 0 Å². The molecule has 5 amide bonds. The molecule has 2 aromatic rings. The van der Waals surface area contributed by atoms with Crippen molar-refractivity contribution in [2.45, 2.75) is 38.9 Å². The molecule has 8 nitrogen and oxygen atoms in total. The largest absolute Gasteiger partial charge is 0.334 e. The van der Waals surface area contributed by atoms with Crippen molar-refractivity contribution in [1.82, 2.24) is 15.5 Å². The van der Waals surface area contributed by atoms with Gasteiger partial charge in [-0.1, -0.05) is 24.3 Å². The van der Waals surface area contributed by atoms with Crippen LogP contribution in [0.15, 0.2) is 42.5 Å². The van der Waals surface area contributed by atoms with E-state index in [1.54, 1.807) is 6.07 Å². The maximum Gasteiger partial charge on any atom is 0.319 e. The van der Waals surface area contributed by atoms with Gasteiger partial charge in [0.2, 0.25) is 11.8 Å². The Hall–Kier alpha value is -3.68. The van der Waals surface area contributed by atoms with E-state index in [9.17, 15) is 19.2 Å². The number of fused-ring (bicyclic) bond motifs is 1. The number of benzene rings is 2. The number of urea groups is 1. The van der Waals surface area contributed by atoms with E-state index in [-0.39, 0.29) is 30.8 Å². The lowest BCUT2D eigenvalue weighted by atomic mass is 10.0. The lowest BCUT2D eigenvalue weighted by Gasteiger charge is -2.29. The van der Waals surface area contributed by atoms with Gasteiger partial charge in [0.15, 0.2) is 0 Å². The van der Waals surface area contributed by atoms with Gasteiger partial charge in [-0.25, -0.2) is 4.79 Å². The van der Waals surface area contributed by atoms with E-state index in [1.807, 2.05) is 43.3 Å². The first-order valence-electron chi connectivity index (χ1n) is 9.79. The number of rotatable bonds is 4. The Morgan fingerprint density at radius 3 is 2.77 bits per heavy atom. The molecule has 30 heavy (non-hydrogen) atoms. The van der Waals surface area contributed by atoms with Crippen molar-refractivity contribution in [2.75, 3.05) is 5.32 Å². The maximum atomic E-state index is 12.8. The van der Waals surface area contributed by atoms with E-state index in [1.165, 1.54) is 4.90 Å². The summed E-state index contributed by atoms with van der Waals surface area (Å²) in [7, 11) is 0. The van der Waals surface area contributed by atoms with Gasteiger partial charge in [0, 0.05) is 30.8 Å². The molecule has 3 N–H and O–H groups in total. The SMILES string of the molecule is Cc1cccc(NC(=O)NCc2ccc3c(c2)C(=O)N(C2CCC(=O)NC2=O)C3)c1. The van der Waals surface area contributed by atoms with Gasteiger partial charge in [0.25, 0.3) is 5.91 Å². The zero-order valence-electron chi connectivity index (χ0n) is 16.5. The highest BCUT2D eigenvalue weighted by atomic mass is 16.2. The first-order valence-corrected chi connectivity index (χ1v) is 9.79. The predicted octanol–water partition coefficient (Wildman–Crippen LogP) is 2.08. The van der Waals surface area contributed by atoms with E-state index in [4.69, 9.17) is 0 Å². The highest BCUT2D eigenvalue weighted by molar-refractivity contribution is 6.05. The summed E-state index contributed by atoms with van der Waals surface area (Å²) in [5.74, 6) is -0.967. The van der Waals surface area contributed by atoms with Crippen LogP contribution >= 0.6 is 0 Å². The van der Waals surface area contributed by atoms with Crippen molar-refractivity contribution in [3.8, 4) is 0 Å². The second kappa shape index (κ2) is 7.98. The Morgan fingerprint density at radius 2 is 2.00 bits per heavy atom. The highest BCUT2D eigenvalue weighted by Crippen LogP contribution is 2.28. The standard InChI is InChI=1S/C22H22N4O4/c1-13-3-2-4-16(9-13)24-22(30)23-11-14-5-6-15-12-26(21(29)17(15)10-14)18-7-8-19(27)25-20(18)28/h2-6,9-10,18H,7-8,11-12H2,1H3,(H2,23,24,30)(H,25,27,28).